The van der Waals surface area contributed by atoms with E-state index in [4.69, 9.17) is 11.6 Å². The molecule has 0 aliphatic heterocycles. The second-order valence-electron chi connectivity index (χ2n) is 8.84. The molecule has 1 saturated carbocycles. The van der Waals surface area contributed by atoms with E-state index < -0.39 is 0 Å². The van der Waals surface area contributed by atoms with Crippen LogP contribution >= 0.6 is 11.6 Å². The zero-order chi connectivity index (χ0) is 20.3. The first-order chi connectivity index (χ1) is 14.1. The molecule has 0 bridgehead atoms. The Kier molecular flexibility index (Phi) is 6.11. The van der Waals surface area contributed by atoms with Gasteiger partial charge in [-0.1, -0.05) is 105 Å². The predicted octanol–water partition coefficient (Wildman–Crippen LogP) is 7.70. The van der Waals surface area contributed by atoms with E-state index in [2.05, 4.69) is 105 Å². The Morgan fingerprint density at radius 2 is 1.10 bits per heavy atom. The van der Waals surface area contributed by atoms with Crippen LogP contribution in [0.1, 0.15) is 49.8 Å². The van der Waals surface area contributed by atoms with Gasteiger partial charge in [0.2, 0.25) is 0 Å². The minimum absolute atomic E-state index is 0.182. The van der Waals surface area contributed by atoms with Crippen molar-refractivity contribution >= 4 is 11.6 Å². The summed E-state index contributed by atoms with van der Waals surface area (Å²) in [6.45, 7) is 4.64. The standard InChI is InChI=1S/C28H31Cl/c1-21(2)26-19-18-25(20-27(26)29)28(22-12-6-3-7-13-22,23-14-8-4-9-15-23)24-16-10-5-11-17-24/h3-17,21,25-27H,18-20H2,1-2H3. The third-order valence-corrected chi connectivity index (χ3v) is 7.48. The molecule has 0 nitrogen and oxygen atoms in total. The maximum atomic E-state index is 7.04. The van der Waals surface area contributed by atoms with Gasteiger partial charge in [0.05, 0.1) is 0 Å². The van der Waals surface area contributed by atoms with E-state index in [1.54, 1.807) is 0 Å². The fourth-order valence-electron chi connectivity index (χ4n) is 5.59. The molecular weight excluding hydrogens is 372 g/mol. The lowest BCUT2D eigenvalue weighted by atomic mass is 9.57. The smallest absolute Gasteiger partial charge is 0.0479 e. The van der Waals surface area contributed by atoms with Crippen LogP contribution in [-0.2, 0) is 5.41 Å². The van der Waals surface area contributed by atoms with Crippen molar-refractivity contribution < 1.29 is 0 Å². The van der Waals surface area contributed by atoms with E-state index in [0.717, 1.165) is 6.42 Å². The van der Waals surface area contributed by atoms with E-state index >= 15 is 0 Å². The van der Waals surface area contributed by atoms with Crippen molar-refractivity contribution in [2.75, 3.05) is 0 Å². The number of rotatable bonds is 5. The highest BCUT2D eigenvalue weighted by atomic mass is 35.5. The van der Waals surface area contributed by atoms with E-state index in [1.165, 1.54) is 29.5 Å². The van der Waals surface area contributed by atoms with Crippen molar-refractivity contribution in [3.05, 3.63) is 108 Å². The van der Waals surface area contributed by atoms with Gasteiger partial charge in [-0.25, -0.2) is 0 Å². The lowest BCUT2D eigenvalue weighted by Gasteiger charge is -2.47. The van der Waals surface area contributed by atoms with Gasteiger partial charge < -0.3 is 0 Å². The number of benzene rings is 3. The van der Waals surface area contributed by atoms with Gasteiger partial charge in [0.15, 0.2) is 0 Å². The molecule has 3 unspecified atom stereocenters. The van der Waals surface area contributed by atoms with Gasteiger partial charge in [0, 0.05) is 10.8 Å². The summed E-state index contributed by atoms with van der Waals surface area (Å²) in [5.41, 5.74) is 3.93. The zero-order valence-electron chi connectivity index (χ0n) is 17.5. The van der Waals surface area contributed by atoms with Crippen molar-refractivity contribution in [1.29, 1.82) is 0 Å². The molecule has 0 spiro atoms. The number of hydrogen-bond donors (Lipinski definition) is 0. The van der Waals surface area contributed by atoms with E-state index in [9.17, 15) is 0 Å². The summed E-state index contributed by atoms with van der Waals surface area (Å²) in [4.78, 5) is 0. The average Bonchev–Trinajstić information content (AvgIpc) is 2.76. The summed E-state index contributed by atoms with van der Waals surface area (Å²) >= 11 is 7.04. The fourth-order valence-corrected chi connectivity index (χ4v) is 6.23. The highest BCUT2D eigenvalue weighted by Gasteiger charge is 2.46. The molecule has 150 valence electrons. The Bertz CT molecular complexity index is 789. The maximum absolute atomic E-state index is 7.04. The van der Waals surface area contributed by atoms with Crippen molar-refractivity contribution in [3.63, 3.8) is 0 Å². The fraction of sp³-hybridized carbons (Fsp3) is 0.357. The Morgan fingerprint density at radius 3 is 1.45 bits per heavy atom. The van der Waals surface area contributed by atoms with Gasteiger partial charge in [-0.2, -0.15) is 0 Å². The monoisotopic (exact) mass is 402 g/mol. The molecule has 0 aromatic heterocycles. The van der Waals surface area contributed by atoms with Crippen LogP contribution in [-0.4, -0.2) is 5.38 Å². The Morgan fingerprint density at radius 1 is 0.690 bits per heavy atom. The van der Waals surface area contributed by atoms with Crippen LogP contribution < -0.4 is 0 Å². The average molecular weight is 403 g/mol. The lowest BCUT2D eigenvalue weighted by Crippen LogP contribution is -2.43. The molecule has 0 N–H and O–H groups in total. The molecule has 3 aromatic rings. The van der Waals surface area contributed by atoms with Crippen LogP contribution in [0.5, 0.6) is 0 Å². The lowest BCUT2D eigenvalue weighted by molar-refractivity contribution is 0.191. The third kappa shape index (κ3) is 3.76. The molecule has 3 atom stereocenters. The first-order valence-electron chi connectivity index (χ1n) is 10.9. The Balaban J connectivity index is 1.92. The molecule has 4 rings (SSSR count). The first-order valence-corrected chi connectivity index (χ1v) is 11.4. The summed E-state index contributed by atoms with van der Waals surface area (Å²) in [5.74, 6) is 1.71. The van der Waals surface area contributed by atoms with Crippen LogP contribution in [0.15, 0.2) is 91.0 Å². The van der Waals surface area contributed by atoms with Gasteiger partial charge in [-0.3, -0.25) is 0 Å². The van der Waals surface area contributed by atoms with Gasteiger partial charge in [0.25, 0.3) is 0 Å². The van der Waals surface area contributed by atoms with Crippen molar-refractivity contribution in [3.8, 4) is 0 Å². The number of alkyl halides is 1. The number of hydrogen-bond acceptors (Lipinski definition) is 0. The minimum Gasteiger partial charge on any atom is -0.123 e. The third-order valence-electron chi connectivity index (χ3n) is 6.98. The number of halogens is 1. The van der Waals surface area contributed by atoms with Gasteiger partial charge >= 0.3 is 0 Å². The molecule has 0 amide bonds. The second-order valence-corrected chi connectivity index (χ2v) is 9.40. The largest absolute Gasteiger partial charge is 0.123 e. The summed E-state index contributed by atoms with van der Waals surface area (Å²) in [6, 6.07) is 33.2. The van der Waals surface area contributed by atoms with E-state index in [1.807, 2.05) is 0 Å². The SMILES string of the molecule is CC(C)C1CCC(C(c2ccccc2)(c2ccccc2)c2ccccc2)CC1Cl. The molecule has 0 heterocycles. The quantitative estimate of drug-likeness (QED) is 0.303. The van der Waals surface area contributed by atoms with Crippen molar-refractivity contribution in [2.24, 2.45) is 17.8 Å². The van der Waals surface area contributed by atoms with E-state index in [0.29, 0.717) is 17.8 Å². The highest BCUT2D eigenvalue weighted by Crippen LogP contribution is 2.52. The summed E-state index contributed by atoms with van der Waals surface area (Å²) < 4.78 is 0. The Labute approximate surface area is 180 Å². The highest BCUT2D eigenvalue weighted by molar-refractivity contribution is 6.20. The summed E-state index contributed by atoms with van der Waals surface area (Å²) in [5, 5.41) is 0.226. The molecule has 29 heavy (non-hydrogen) atoms. The minimum atomic E-state index is -0.182. The first kappa shape index (κ1) is 20.2. The zero-order valence-corrected chi connectivity index (χ0v) is 18.2. The predicted molar refractivity (Wildman–Crippen MR) is 125 cm³/mol. The van der Waals surface area contributed by atoms with Crippen molar-refractivity contribution in [1.82, 2.24) is 0 Å². The van der Waals surface area contributed by atoms with Gasteiger partial charge in [-0.05, 0) is 53.7 Å². The molecule has 1 aliphatic rings. The van der Waals surface area contributed by atoms with Crippen LogP contribution in [0.4, 0.5) is 0 Å². The maximum Gasteiger partial charge on any atom is 0.0479 e. The normalized spacial score (nSPS) is 22.6. The van der Waals surface area contributed by atoms with Gasteiger partial charge in [0.1, 0.15) is 0 Å². The van der Waals surface area contributed by atoms with E-state index in [-0.39, 0.29) is 10.8 Å². The second kappa shape index (κ2) is 8.76. The Hall–Kier alpha value is -2.05. The molecule has 1 heteroatoms. The molecule has 1 aliphatic carbocycles. The van der Waals surface area contributed by atoms with Crippen LogP contribution in [0.25, 0.3) is 0 Å². The summed E-state index contributed by atoms with van der Waals surface area (Å²) in [6.07, 6.45) is 3.44. The summed E-state index contributed by atoms with van der Waals surface area (Å²) in [7, 11) is 0. The van der Waals surface area contributed by atoms with Crippen molar-refractivity contribution in [2.45, 2.75) is 43.9 Å². The molecule has 0 saturated heterocycles. The van der Waals surface area contributed by atoms with Crippen LogP contribution in [0.3, 0.4) is 0 Å². The molecule has 0 radical (unpaired) electrons. The van der Waals surface area contributed by atoms with Gasteiger partial charge in [-0.15, -0.1) is 11.6 Å². The molecular formula is C28H31Cl. The topological polar surface area (TPSA) is 0 Å². The molecule has 3 aromatic carbocycles. The molecule has 1 fully saturated rings. The van der Waals surface area contributed by atoms with Crippen LogP contribution in [0.2, 0.25) is 0 Å². The van der Waals surface area contributed by atoms with Crippen LogP contribution in [0, 0.1) is 17.8 Å².